The number of fused-ring (bicyclic) bond motifs is 1. The van der Waals surface area contributed by atoms with Crippen molar-refractivity contribution in [2.75, 3.05) is 19.8 Å². The fourth-order valence-electron chi connectivity index (χ4n) is 4.05. The minimum atomic E-state index is -0.171. The Labute approximate surface area is 153 Å². The maximum absolute atomic E-state index is 12.6. The Morgan fingerprint density at radius 2 is 1.69 bits per heavy atom. The second kappa shape index (κ2) is 6.92. The molecule has 5 heteroatoms. The highest BCUT2D eigenvalue weighted by molar-refractivity contribution is 6.21. The van der Waals surface area contributed by atoms with Crippen LogP contribution in [0.4, 0.5) is 0 Å². The summed E-state index contributed by atoms with van der Waals surface area (Å²) in [6.45, 7) is 4.01. The lowest BCUT2D eigenvalue weighted by atomic mass is 10.0. The van der Waals surface area contributed by atoms with Gasteiger partial charge in [0.2, 0.25) is 0 Å². The van der Waals surface area contributed by atoms with Crippen molar-refractivity contribution >= 4 is 11.8 Å². The van der Waals surface area contributed by atoms with Gasteiger partial charge in [-0.05, 0) is 43.3 Å². The number of carbonyl (C=O) groups is 2. The van der Waals surface area contributed by atoms with E-state index in [-0.39, 0.29) is 11.8 Å². The second-order valence-electron chi connectivity index (χ2n) is 6.85. The number of likely N-dealkylation sites (tertiary alicyclic amines) is 1. The number of hydrogen-bond acceptors (Lipinski definition) is 3. The van der Waals surface area contributed by atoms with E-state index in [4.69, 9.17) is 4.74 Å². The molecule has 2 heterocycles. The number of rotatable bonds is 5. The Kier molecular flexibility index (Phi) is 4.47. The quantitative estimate of drug-likeness (QED) is 0.839. The fraction of sp³-hybridized carbons (Fsp3) is 0.333. The summed E-state index contributed by atoms with van der Waals surface area (Å²) in [5.41, 5.74) is 2.28. The Morgan fingerprint density at radius 3 is 2.31 bits per heavy atom. The average molecular weight is 351 g/mol. The Balaban J connectivity index is 1.51. The largest absolute Gasteiger partial charge is 0.494 e. The molecule has 4 rings (SSSR count). The van der Waals surface area contributed by atoms with Crippen LogP contribution in [0, 0.1) is 0 Å². The highest BCUT2D eigenvalue weighted by atomic mass is 16.5. The molecule has 0 bridgehead atoms. The lowest BCUT2D eigenvalue weighted by Gasteiger charge is -2.25. The number of nitrogens with one attached hydrogen (secondary N) is 1. The third-order valence-corrected chi connectivity index (χ3v) is 5.32. The van der Waals surface area contributed by atoms with E-state index in [1.54, 1.807) is 24.3 Å². The van der Waals surface area contributed by atoms with Gasteiger partial charge in [-0.25, -0.2) is 4.90 Å². The lowest BCUT2D eigenvalue weighted by molar-refractivity contribution is -0.925. The van der Waals surface area contributed by atoms with Gasteiger partial charge in [-0.15, -0.1) is 0 Å². The van der Waals surface area contributed by atoms with Crippen LogP contribution in [0.15, 0.2) is 48.5 Å². The number of benzene rings is 2. The molecule has 2 aliphatic heterocycles. The van der Waals surface area contributed by atoms with Crippen molar-refractivity contribution in [2.24, 2.45) is 0 Å². The van der Waals surface area contributed by atoms with Crippen LogP contribution < -0.4 is 9.64 Å². The van der Waals surface area contributed by atoms with Crippen LogP contribution in [0.1, 0.15) is 52.1 Å². The molecule has 0 aliphatic carbocycles. The van der Waals surface area contributed by atoms with E-state index in [1.807, 2.05) is 19.1 Å². The predicted octanol–water partition coefficient (Wildman–Crippen LogP) is 2.06. The summed E-state index contributed by atoms with van der Waals surface area (Å²) in [5.74, 6) is 0.530. The number of hydrogen-bond donors (Lipinski definition) is 1. The van der Waals surface area contributed by atoms with Crippen LogP contribution in [-0.4, -0.2) is 36.5 Å². The van der Waals surface area contributed by atoms with Crippen molar-refractivity contribution in [2.45, 2.75) is 25.8 Å². The molecule has 2 aliphatic rings. The van der Waals surface area contributed by atoms with Gasteiger partial charge in [0.15, 0.2) is 6.67 Å². The lowest BCUT2D eigenvalue weighted by Crippen LogP contribution is -3.12. The number of nitrogens with zero attached hydrogens (tertiary/aromatic N) is 1. The molecule has 0 radical (unpaired) electrons. The van der Waals surface area contributed by atoms with Gasteiger partial charge in [-0.2, -0.15) is 0 Å². The smallest absolute Gasteiger partial charge is 0.265 e. The van der Waals surface area contributed by atoms with Crippen molar-refractivity contribution in [3.05, 3.63) is 65.2 Å². The van der Waals surface area contributed by atoms with E-state index < -0.39 is 0 Å². The van der Waals surface area contributed by atoms with Crippen LogP contribution in [0.2, 0.25) is 0 Å². The molecule has 0 saturated carbocycles. The van der Waals surface area contributed by atoms with Crippen LogP contribution >= 0.6 is 0 Å². The zero-order valence-electron chi connectivity index (χ0n) is 14.9. The molecule has 2 amide bonds. The van der Waals surface area contributed by atoms with Crippen molar-refractivity contribution in [1.82, 2.24) is 4.90 Å². The van der Waals surface area contributed by atoms with Crippen LogP contribution in [0.5, 0.6) is 5.75 Å². The van der Waals surface area contributed by atoms with Crippen molar-refractivity contribution in [1.29, 1.82) is 0 Å². The van der Waals surface area contributed by atoms with Gasteiger partial charge < -0.3 is 9.64 Å². The van der Waals surface area contributed by atoms with E-state index in [2.05, 4.69) is 12.1 Å². The highest BCUT2D eigenvalue weighted by Crippen LogP contribution is 2.24. The van der Waals surface area contributed by atoms with Gasteiger partial charge in [-0.1, -0.05) is 12.1 Å². The van der Waals surface area contributed by atoms with Gasteiger partial charge in [0.05, 0.1) is 24.3 Å². The van der Waals surface area contributed by atoms with E-state index >= 15 is 0 Å². The van der Waals surface area contributed by atoms with Gasteiger partial charge in [-0.3, -0.25) is 9.59 Å². The highest BCUT2D eigenvalue weighted by Gasteiger charge is 2.40. The van der Waals surface area contributed by atoms with Gasteiger partial charge in [0.25, 0.3) is 11.8 Å². The third-order valence-electron chi connectivity index (χ3n) is 5.32. The number of imide groups is 1. The molecule has 1 N–H and O–H groups in total. The van der Waals surface area contributed by atoms with Crippen molar-refractivity contribution in [3.63, 3.8) is 0 Å². The Hall–Kier alpha value is -2.66. The number of amides is 2. The molecular weight excluding hydrogens is 328 g/mol. The van der Waals surface area contributed by atoms with Crippen LogP contribution in [-0.2, 0) is 0 Å². The monoisotopic (exact) mass is 351 g/mol. The summed E-state index contributed by atoms with van der Waals surface area (Å²) in [6.07, 6.45) is 2.16. The van der Waals surface area contributed by atoms with E-state index in [9.17, 15) is 9.59 Å². The SMILES string of the molecule is CCOc1ccc([C@@H]2CCC[NH+]2CN2C(=O)c3ccccc3C2=O)cc1. The molecule has 5 nitrogen and oxygen atoms in total. The number of carbonyl (C=O) groups excluding carboxylic acids is 2. The Morgan fingerprint density at radius 1 is 1.04 bits per heavy atom. The van der Waals surface area contributed by atoms with E-state index in [0.29, 0.717) is 30.4 Å². The molecule has 1 fully saturated rings. The summed E-state index contributed by atoms with van der Waals surface area (Å²) in [4.78, 5) is 27.9. The third kappa shape index (κ3) is 2.88. The molecule has 0 spiro atoms. The van der Waals surface area contributed by atoms with Gasteiger partial charge >= 0.3 is 0 Å². The van der Waals surface area contributed by atoms with Gasteiger partial charge in [0, 0.05) is 18.4 Å². The zero-order chi connectivity index (χ0) is 18.1. The molecule has 2 aromatic carbocycles. The minimum absolute atomic E-state index is 0.171. The van der Waals surface area contributed by atoms with E-state index in [1.165, 1.54) is 15.4 Å². The molecule has 1 unspecified atom stereocenters. The maximum atomic E-state index is 12.6. The molecule has 0 aromatic heterocycles. The summed E-state index contributed by atoms with van der Waals surface area (Å²) in [6, 6.07) is 15.6. The first-order valence-electron chi connectivity index (χ1n) is 9.21. The summed E-state index contributed by atoms with van der Waals surface area (Å²) in [7, 11) is 0. The topological polar surface area (TPSA) is 51.1 Å². The summed E-state index contributed by atoms with van der Waals surface area (Å²) < 4.78 is 5.52. The molecular formula is C21H23N2O3+. The number of ether oxygens (including phenoxy) is 1. The normalized spacial score (nSPS) is 22.0. The first kappa shape index (κ1) is 16.8. The molecule has 2 atom stereocenters. The molecule has 134 valence electrons. The first-order valence-corrected chi connectivity index (χ1v) is 9.21. The van der Waals surface area contributed by atoms with Crippen molar-refractivity contribution in [3.8, 4) is 5.75 Å². The maximum Gasteiger partial charge on any atom is 0.265 e. The molecule has 1 saturated heterocycles. The van der Waals surface area contributed by atoms with Crippen LogP contribution in [0.3, 0.4) is 0 Å². The number of quaternary nitrogens is 1. The van der Waals surface area contributed by atoms with E-state index in [0.717, 1.165) is 25.1 Å². The Bertz CT molecular complexity index is 796. The fourth-order valence-corrected chi connectivity index (χ4v) is 4.05. The summed E-state index contributed by atoms with van der Waals surface area (Å²) in [5, 5.41) is 0. The van der Waals surface area contributed by atoms with Crippen LogP contribution in [0.25, 0.3) is 0 Å². The molecule has 26 heavy (non-hydrogen) atoms. The van der Waals surface area contributed by atoms with Crippen molar-refractivity contribution < 1.29 is 19.2 Å². The van der Waals surface area contributed by atoms with Gasteiger partial charge in [0.1, 0.15) is 11.8 Å². The first-order chi connectivity index (χ1) is 12.7. The molecule has 2 aromatic rings. The summed E-state index contributed by atoms with van der Waals surface area (Å²) >= 11 is 0. The predicted molar refractivity (Wildman–Crippen MR) is 97.2 cm³/mol. The standard InChI is InChI=1S/C21H22N2O3/c1-2-26-16-11-9-15(10-12-16)19-8-5-13-22(19)14-23-20(24)17-6-3-4-7-18(17)21(23)25/h3-4,6-7,9-12,19H,2,5,8,13-14H2,1H3/p+1/t19-/m0/s1. The minimum Gasteiger partial charge on any atom is -0.494 e. The zero-order valence-corrected chi connectivity index (χ0v) is 14.9. The average Bonchev–Trinajstić information content (AvgIpc) is 3.22. The second-order valence-corrected chi connectivity index (χ2v) is 6.85.